The molecular weight excluding hydrogens is 387 g/mol. The van der Waals surface area contributed by atoms with Gasteiger partial charge in [-0.3, -0.25) is 4.98 Å². The summed E-state index contributed by atoms with van der Waals surface area (Å²) in [5, 5.41) is 0. The van der Waals surface area contributed by atoms with Gasteiger partial charge in [-0.1, -0.05) is 0 Å². The van der Waals surface area contributed by atoms with E-state index in [4.69, 9.17) is 0 Å². The van der Waals surface area contributed by atoms with Crippen LogP contribution < -0.4 is 0 Å². The molecule has 8 heteroatoms. The fraction of sp³-hybridized carbons (Fsp3) is 0. The van der Waals surface area contributed by atoms with Crippen LogP contribution in [0.15, 0.2) is 12.3 Å². The second-order valence-corrected chi connectivity index (χ2v) is 4.67. The van der Waals surface area contributed by atoms with Crippen molar-refractivity contribution >= 4 is 22.6 Å². The highest BCUT2D eigenvalue weighted by Gasteiger charge is 2.28. The molecule has 2 rings (SSSR count). The Hall–Kier alpha value is -1.32. The van der Waals surface area contributed by atoms with E-state index in [1.54, 1.807) is 22.6 Å². The molecule has 100 valence electrons. The number of hydrogen-bond acceptors (Lipinski definition) is 1. The molecule has 0 amide bonds. The van der Waals surface area contributed by atoms with E-state index in [9.17, 15) is 26.3 Å². The highest BCUT2D eigenvalue weighted by atomic mass is 127. The van der Waals surface area contributed by atoms with E-state index in [1.165, 1.54) is 0 Å². The second kappa shape index (κ2) is 4.99. The van der Waals surface area contributed by atoms with Crippen molar-refractivity contribution in [3.8, 4) is 11.3 Å². The Morgan fingerprint density at radius 2 is 1.26 bits per heavy atom. The summed E-state index contributed by atoms with van der Waals surface area (Å²) in [6.07, 6.45) is 1.04. The van der Waals surface area contributed by atoms with Gasteiger partial charge >= 0.3 is 0 Å². The first-order valence-electron chi connectivity index (χ1n) is 4.67. The largest absolute Gasteiger partial charge is 0.252 e. The lowest BCUT2D eigenvalue weighted by Gasteiger charge is -2.08. The van der Waals surface area contributed by atoms with Gasteiger partial charge in [0.1, 0.15) is 5.69 Å². The molecule has 2 aromatic rings. The molecule has 0 saturated carbocycles. The maximum absolute atomic E-state index is 13.5. The van der Waals surface area contributed by atoms with Crippen molar-refractivity contribution < 1.29 is 26.3 Å². The van der Waals surface area contributed by atoms with E-state index in [1.807, 2.05) is 0 Å². The lowest BCUT2D eigenvalue weighted by Crippen LogP contribution is -2.06. The molecule has 1 nitrogen and oxygen atoms in total. The zero-order chi connectivity index (χ0) is 14.3. The number of hydrogen-bond donors (Lipinski definition) is 0. The van der Waals surface area contributed by atoms with Crippen molar-refractivity contribution in [2.24, 2.45) is 0 Å². The molecule has 0 bridgehead atoms. The van der Waals surface area contributed by atoms with Gasteiger partial charge in [0.2, 0.25) is 5.82 Å². The van der Waals surface area contributed by atoms with Crippen LogP contribution >= 0.6 is 22.6 Å². The van der Waals surface area contributed by atoms with E-state index in [-0.39, 0.29) is 0 Å². The molecule has 0 aliphatic rings. The minimum atomic E-state index is -2.30. The number of aromatic nitrogens is 1. The van der Waals surface area contributed by atoms with Crippen LogP contribution in [-0.2, 0) is 0 Å². The lowest BCUT2D eigenvalue weighted by atomic mass is 10.1. The summed E-state index contributed by atoms with van der Waals surface area (Å²) in [6.45, 7) is 0. The van der Waals surface area contributed by atoms with Crippen LogP contribution in [0.25, 0.3) is 11.3 Å². The molecule has 0 saturated heterocycles. The van der Waals surface area contributed by atoms with Crippen LogP contribution in [0, 0.1) is 38.5 Å². The first-order chi connectivity index (χ1) is 8.84. The highest BCUT2D eigenvalue weighted by molar-refractivity contribution is 14.1. The molecule has 0 unspecified atom stereocenters. The van der Waals surface area contributed by atoms with Crippen LogP contribution in [-0.4, -0.2) is 4.98 Å². The molecule has 0 aliphatic heterocycles. The van der Waals surface area contributed by atoms with Gasteiger partial charge in [0, 0.05) is 9.77 Å². The van der Waals surface area contributed by atoms with E-state index >= 15 is 0 Å². The number of benzene rings is 1. The number of nitrogens with zero attached hydrogens (tertiary/aromatic N) is 1. The molecule has 0 aliphatic carbocycles. The summed E-state index contributed by atoms with van der Waals surface area (Å²) >= 11 is 1.68. The van der Waals surface area contributed by atoms with Gasteiger partial charge in [0.15, 0.2) is 29.1 Å². The third-order valence-corrected chi connectivity index (χ3v) is 2.84. The Bertz CT molecular complexity index is 644. The molecule has 0 fully saturated rings. The molecule has 19 heavy (non-hydrogen) atoms. The first kappa shape index (κ1) is 14.1. The van der Waals surface area contributed by atoms with Gasteiger partial charge < -0.3 is 0 Å². The van der Waals surface area contributed by atoms with Gasteiger partial charge in [-0.25, -0.2) is 26.3 Å². The normalized spacial score (nSPS) is 10.9. The third-order valence-electron chi connectivity index (χ3n) is 2.25. The SMILES string of the molecule is Fc1cc(I)cnc1-c1c(F)c(F)c(F)c(F)c1F. The lowest BCUT2D eigenvalue weighted by molar-refractivity contribution is 0.380. The fourth-order valence-corrected chi connectivity index (χ4v) is 1.82. The zero-order valence-electron chi connectivity index (χ0n) is 8.75. The fourth-order valence-electron chi connectivity index (χ4n) is 1.41. The predicted molar refractivity (Wildman–Crippen MR) is 62.1 cm³/mol. The van der Waals surface area contributed by atoms with E-state index in [0.29, 0.717) is 3.57 Å². The average Bonchev–Trinajstić information content (AvgIpc) is 2.37. The monoisotopic (exact) mass is 389 g/mol. The van der Waals surface area contributed by atoms with Crippen LogP contribution in [0.3, 0.4) is 0 Å². The summed E-state index contributed by atoms with van der Waals surface area (Å²) in [4.78, 5) is 3.36. The summed E-state index contributed by atoms with van der Waals surface area (Å²) in [6, 6.07) is 0.862. The number of halogens is 7. The van der Waals surface area contributed by atoms with Crippen molar-refractivity contribution in [2.45, 2.75) is 0 Å². The van der Waals surface area contributed by atoms with Crippen molar-refractivity contribution in [3.05, 3.63) is 50.7 Å². The minimum absolute atomic E-state index is 0.308. The van der Waals surface area contributed by atoms with Gasteiger partial charge in [-0.15, -0.1) is 0 Å². The number of pyridine rings is 1. The predicted octanol–water partition coefficient (Wildman–Crippen LogP) is 4.19. The molecule has 0 spiro atoms. The molecule has 0 atom stereocenters. The molecule has 0 N–H and O–H groups in total. The third kappa shape index (κ3) is 2.28. The number of rotatable bonds is 1. The van der Waals surface area contributed by atoms with Gasteiger partial charge in [-0.2, -0.15) is 0 Å². The van der Waals surface area contributed by atoms with Gasteiger partial charge in [0.25, 0.3) is 0 Å². The zero-order valence-corrected chi connectivity index (χ0v) is 10.9. The Morgan fingerprint density at radius 3 is 1.74 bits per heavy atom. The molecule has 1 heterocycles. The molecule has 1 aromatic heterocycles. The molecular formula is C11H2F6IN. The summed E-state index contributed by atoms with van der Waals surface area (Å²) in [7, 11) is 0. The Morgan fingerprint density at radius 1 is 0.789 bits per heavy atom. The topological polar surface area (TPSA) is 12.9 Å². The van der Waals surface area contributed by atoms with Crippen molar-refractivity contribution in [1.29, 1.82) is 0 Å². The quantitative estimate of drug-likeness (QED) is 0.309. The highest BCUT2D eigenvalue weighted by Crippen LogP contribution is 2.31. The smallest absolute Gasteiger partial charge is 0.200 e. The second-order valence-electron chi connectivity index (χ2n) is 3.43. The average molecular weight is 389 g/mol. The van der Waals surface area contributed by atoms with Crippen molar-refractivity contribution in [2.75, 3.05) is 0 Å². The summed E-state index contributed by atoms with van der Waals surface area (Å²) in [5.41, 5.74) is -2.32. The van der Waals surface area contributed by atoms with E-state index in [0.717, 1.165) is 12.3 Å². The van der Waals surface area contributed by atoms with Crippen molar-refractivity contribution in [1.82, 2.24) is 4.98 Å². The summed E-state index contributed by atoms with van der Waals surface area (Å²) in [5.74, 6) is -12.0. The van der Waals surface area contributed by atoms with Crippen molar-refractivity contribution in [3.63, 3.8) is 0 Å². The van der Waals surface area contributed by atoms with Gasteiger partial charge in [-0.05, 0) is 28.7 Å². The standard InChI is InChI=1S/C11H2F6IN/c12-4-1-3(18)2-19-11(4)5-6(13)8(15)10(17)9(16)7(5)14/h1-2H. The Labute approximate surface area is 116 Å². The molecule has 1 aromatic carbocycles. The van der Waals surface area contributed by atoms with E-state index in [2.05, 4.69) is 4.98 Å². The maximum Gasteiger partial charge on any atom is 0.200 e. The van der Waals surface area contributed by atoms with Crippen LogP contribution in [0.4, 0.5) is 26.3 Å². The van der Waals surface area contributed by atoms with Gasteiger partial charge in [0.05, 0.1) is 5.56 Å². The van der Waals surface area contributed by atoms with Crippen LogP contribution in [0.1, 0.15) is 0 Å². The van der Waals surface area contributed by atoms with E-state index < -0.39 is 46.2 Å². The Kier molecular flexibility index (Phi) is 3.70. The Balaban J connectivity index is 2.83. The molecule has 0 radical (unpaired) electrons. The van der Waals surface area contributed by atoms with Crippen LogP contribution in [0.5, 0.6) is 0 Å². The summed E-state index contributed by atoms with van der Waals surface area (Å²) < 4.78 is 79.5. The maximum atomic E-state index is 13.5. The van der Waals surface area contributed by atoms with Crippen LogP contribution in [0.2, 0.25) is 0 Å². The first-order valence-corrected chi connectivity index (χ1v) is 5.75. The minimum Gasteiger partial charge on any atom is -0.252 e.